The van der Waals surface area contributed by atoms with E-state index < -0.39 is 0 Å². The van der Waals surface area contributed by atoms with E-state index in [9.17, 15) is 0 Å². The summed E-state index contributed by atoms with van der Waals surface area (Å²) in [5.41, 5.74) is 0. The van der Waals surface area contributed by atoms with E-state index in [4.69, 9.17) is 19.3 Å². The van der Waals surface area contributed by atoms with Crippen LogP contribution in [0.4, 0.5) is 0 Å². The van der Waals surface area contributed by atoms with Crippen molar-refractivity contribution in [1.82, 2.24) is 4.90 Å². The van der Waals surface area contributed by atoms with Crippen LogP contribution >= 0.6 is 0 Å². The molecule has 1 N–H and O–H groups in total. The molecule has 0 saturated carbocycles. The van der Waals surface area contributed by atoms with Gasteiger partial charge in [-0.15, -0.1) is 0 Å². The predicted octanol–water partition coefficient (Wildman–Crippen LogP) is 1.15. The van der Waals surface area contributed by atoms with E-state index in [2.05, 4.69) is 11.8 Å². The van der Waals surface area contributed by atoms with Crippen molar-refractivity contribution in [2.45, 2.75) is 26.7 Å². The smallest absolute Gasteiger partial charge is 0.0698 e. The van der Waals surface area contributed by atoms with Crippen LogP contribution in [0.25, 0.3) is 0 Å². The number of nitrogens with zero attached hydrogens (tertiary/aromatic N) is 1. The molecule has 0 atom stereocenters. The third kappa shape index (κ3) is 14.0. The van der Waals surface area contributed by atoms with Gasteiger partial charge >= 0.3 is 0 Å². The van der Waals surface area contributed by atoms with Gasteiger partial charge in [-0.2, -0.15) is 0 Å². The van der Waals surface area contributed by atoms with Crippen LogP contribution in [0, 0.1) is 0 Å². The molecule has 0 aliphatic rings. The van der Waals surface area contributed by atoms with Gasteiger partial charge in [0.1, 0.15) is 0 Å². The lowest BCUT2D eigenvalue weighted by Crippen LogP contribution is -2.32. The lowest BCUT2D eigenvalue weighted by atomic mass is 10.3. The highest BCUT2D eigenvalue weighted by Gasteiger charge is 2.04. The Morgan fingerprint density at radius 1 is 0.789 bits per heavy atom. The molecule has 0 fully saturated rings. The van der Waals surface area contributed by atoms with Gasteiger partial charge in [0.05, 0.1) is 26.4 Å². The van der Waals surface area contributed by atoms with Crippen LogP contribution in [-0.2, 0) is 14.2 Å². The maximum Gasteiger partial charge on any atom is 0.0698 e. The van der Waals surface area contributed by atoms with Gasteiger partial charge in [0, 0.05) is 39.5 Å². The third-order valence-electron chi connectivity index (χ3n) is 2.65. The first-order valence-corrected chi connectivity index (χ1v) is 7.41. The summed E-state index contributed by atoms with van der Waals surface area (Å²) in [6.45, 7) is 11.3. The summed E-state index contributed by atoms with van der Waals surface area (Å²) in [4.78, 5) is 2.32. The number of rotatable bonds is 15. The third-order valence-corrected chi connectivity index (χ3v) is 2.65. The molecule has 0 aromatic carbocycles. The second-order valence-electron chi connectivity index (χ2n) is 4.34. The van der Waals surface area contributed by atoms with Gasteiger partial charge in [-0.05, 0) is 19.8 Å². The normalized spacial score (nSPS) is 11.4. The molecule has 0 unspecified atom stereocenters. The van der Waals surface area contributed by atoms with Gasteiger partial charge in [-0.1, -0.05) is 6.92 Å². The minimum atomic E-state index is 0.0871. The number of aliphatic hydroxyl groups is 1. The molecule has 0 rings (SSSR count). The molecular formula is C14H31NO4. The quantitative estimate of drug-likeness (QED) is 0.455. The predicted molar refractivity (Wildman–Crippen MR) is 76.6 cm³/mol. The van der Waals surface area contributed by atoms with E-state index in [1.54, 1.807) is 0 Å². The second kappa shape index (κ2) is 15.9. The SMILES string of the molecule is CCCOCCCN(CCOCC)CCOCCO. The second-order valence-corrected chi connectivity index (χ2v) is 4.34. The lowest BCUT2D eigenvalue weighted by molar-refractivity contribution is 0.0560. The van der Waals surface area contributed by atoms with Gasteiger partial charge in [-0.3, -0.25) is 4.90 Å². The van der Waals surface area contributed by atoms with E-state index >= 15 is 0 Å². The lowest BCUT2D eigenvalue weighted by Gasteiger charge is -2.22. The highest BCUT2D eigenvalue weighted by Crippen LogP contribution is 1.95. The van der Waals surface area contributed by atoms with Crippen LogP contribution in [0.1, 0.15) is 26.7 Å². The van der Waals surface area contributed by atoms with Gasteiger partial charge in [-0.25, -0.2) is 0 Å². The van der Waals surface area contributed by atoms with Gasteiger partial charge < -0.3 is 19.3 Å². The number of hydrogen-bond donors (Lipinski definition) is 1. The summed E-state index contributed by atoms with van der Waals surface area (Å²) < 4.78 is 16.2. The fourth-order valence-electron chi connectivity index (χ4n) is 1.67. The number of hydrogen-bond acceptors (Lipinski definition) is 5. The van der Waals surface area contributed by atoms with Crippen molar-refractivity contribution in [1.29, 1.82) is 0 Å². The first-order valence-electron chi connectivity index (χ1n) is 7.41. The molecule has 0 heterocycles. The topological polar surface area (TPSA) is 51.2 Å². The Morgan fingerprint density at radius 2 is 1.47 bits per heavy atom. The molecule has 0 aliphatic heterocycles. The van der Waals surface area contributed by atoms with Crippen LogP contribution in [-0.4, -0.2) is 75.9 Å². The zero-order valence-electron chi connectivity index (χ0n) is 12.6. The zero-order chi connectivity index (χ0) is 14.2. The monoisotopic (exact) mass is 277 g/mol. The number of ether oxygens (including phenoxy) is 3. The molecule has 0 spiro atoms. The van der Waals surface area contributed by atoms with Crippen LogP contribution < -0.4 is 0 Å². The van der Waals surface area contributed by atoms with Crippen molar-refractivity contribution >= 4 is 0 Å². The van der Waals surface area contributed by atoms with E-state index in [1.807, 2.05) is 6.92 Å². The molecule has 0 aromatic heterocycles. The molecular weight excluding hydrogens is 246 g/mol. The summed E-state index contributed by atoms with van der Waals surface area (Å²) >= 11 is 0. The summed E-state index contributed by atoms with van der Waals surface area (Å²) in [5, 5.41) is 8.65. The molecule has 0 aliphatic carbocycles. The largest absolute Gasteiger partial charge is 0.394 e. The summed E-state index contributed by atoms with van der Waals surface area (Å²) in [6, 6.07) is 0. The Balaban J connectivity index is 3.63. The van der Waals surface area contributed by atoms with Crippen molar-refractivity contribution in [3.05, 3.63) is 0 Å². The Kier molecular flexibility index (Phi) is 15.7. The van der Waals surface area contributed by atoms with Crippen molar-refractivity contribution in [3.8, 4) is 0 Å². The summed E-state index contributed by atoms with van der Waals surface area (Å²) in [5.74, 6) is 0. The maximum atomic E-state index is 8.65. The average molecular weight is 277 g/mol. The van der Waals surface area contributed by atoms with Crippen LogP contribution in [0.3, 0.4) is 0 Å². The van der Waals surface area contributed by atoms with E-state index in [0.29, 0.717) is 13.2 Å². The van der Waals surface area contributed by atoms with E-state index in [0.717, 1.165) is 58.9 Å². The Bertz CT molecular complexity index is 170. The summed E-state index contributed by atoms with van der Waals surface area (Å²) in [7, 11) is 0. The Morgan fingerprint density at radius 3 is 2.11 bits per heavy atom. The van der Waals surface area contributed by atoms with Crippen LogP contribution in [0.2, 0.25) is 0 Å². The fraction of sp³-hybridized carbons (Fsp3) is 1.00. The van der Waals surface area contributed by atoms with Crippen molar-refractivity contribution in [3.63, 3.8) is 0 Å². The van der Waals surface area contributed by atoms with Crippen LogP contribution in [0.15, 0.2) is 0 Å². The molecule has 0 amide bonds. The Hall–Kier alpha value is -0.200. The number of aliphatic hydroxyl groups excluding tert-OH is 1. The first kappa shape index (κ1) is 18.8. The highest BCUT2D eigenvalue weighted by molar-refractivity contribution is 4.57. The molecule has 0 saturated heterocycles. The molecule has 5 heteroatoms. The fourth-order valence-corrected chi connectivity index (χ4v) is 1.67. The van der Waals surface area contributed by atoms with Crippen molar-refractivity contribution < 1.29 is 19.3 Å². The van der Waals surface area contributed by atoms with Gasteiger partial charge in [0.15, 0.2) is 0 Å². The molecule has 19 heavy (non-hydrogen) atoms. The van der Waals surface area contributed by atoms with E-state index in [1.165, 1.54) is 0 Å². The Labute approximate surface area is 117 Å². The van der Waals surface area contributed by atoms with Crippen molar-refractivity contribution in [2.75, 3.05) is 65.9 Å². The highest BCUT2D eigenvalue weighted by atomic mass is 16.5. The minimum absolute atomic E-state index is 0.0871. The van der Waals surface area contributed by atoms with Crippen molar-refractivity contribution in [2.24, 2.45) is 0 Å². The van der Waals surface area contributed by atoms with Gasteiger partial charge in [0.2, 0.25) is 0 Å². The summed E-state index contributed by atoms with van der Waals surface area (Å²) in [6.07, 6.45) is 2.11. The van der Waals surface area contributed by atoms with Crippen LogP contribution in [0.5, 0.6) is 0 Å². The molecule has 0 aromatic rings. The van der Waals surface area contributed by atoms with Gasteiger partial charge in [0.25, 0.3) is 0 Å². The minimum Gasteiger partial charge on any atom is -0.394 e. The standard InChI is InChI=1S/C14H31NO4/c1-3-10-18-11-5-6-15(7-12-17-4-2)8-13-19-14-9-16/h16H,3-14H2,1-2H3. The average Bonchev–Trinajstić information content (AvgIpc) is 2.42. The van der Waals surface area contributed by atoms with E-state index in [-0.39, 0.29) is 6.61 Å². The zero-order valence-corrected chi connectivity index (χ0v) is 12.6. The molecule has 0 radical (unpaired) electrons. The molecule has 116 valence electrons. The molecule has 5 nitrogen and oxygen atoms in total. The first-order chi connectivity index (χ1) is 9.35. The maximum absolute atomic E-state index is 8.65. The molecule has 0 bridgehead atoms.